The topological polar surface area (TPSA) is 49.4 Å². The van der Waals surface area contributed by atoms with Gasteiger partial charge in [0, 0.05) is 10.7 Å². The maximum atomic E-state index is 13.5. The van der Waals surface area contributed by atoms with Crippen molar-refractivity contribution in [1.82, 2.24) is 0 Å². The molecule has 0 aliphatic carbocycles. The molecule has 0 saturated heterocycles. The van der Waals surface area contributed by atoms with Crippen molar-refractivity contribution in [2.24, 2.45) is 0 Å². The van der Waals surface area contributed by atoms with Crippen molar-refractivity contribution in [2.75, 3.05) is 10.2 Å². The molecule has 0 fully saturated rings. The molecule has 5 heteroatoms. The number of amides is 2. The van der Waals surface area contributed by atoms with Gasteiger partial charge in [-0.2, -0.15) is 0 Å². The SMILES string of the molecule is Cc1cc(Cl)ccc1NC1=C(c2ccccc2)C(=O)N(c2ccc(C(C)C)cc2)C1=O. The van der Waals surface area contributed by atoms with Crippen LogP contribution in [0.25, 0.3) is 5.57 Å². The highest BCUT2D eigenvalue weighted by Gasteiger charge is 2.40. The molecule has 1 N–H and O–H groups in total. The van der Waals surface area contributed by atoms with Crippen molar-refractivity contribution in [1.29, 1.82) is 0 Å². The molecular weight excluding hydrogens is 408 g/mol. The van der Waals surface area contributed by atoms with E-state index in [1.807, 2.05) is 73.7 Å². The summed E-state index contributed by atoms with van der Waals surface area (Å²) in [5, 5.41) is 3.82. The normalized spacial score (nSPS) is 14.0. The Morgan fingerprint density at radius 3 is 2.16 bits per heavy atom. The highest BCUT2D eigenvalue weighted by Crippen LogP contribution is 2.35. The van der Waals surface area contributed by atoms with Gasteiger partial charge in [-0.05, 0) is 59.9 Å². The first kappa shape index (κ1) is 20.9. The molecule has 2 amide bonds. The Morgan fingerprint density at radius 1 is 0.871 bits per heavy atom. The second kappa shape index (κ2) is 8.40. The van der Waals surface area contributed by atoms with E-state index in [9.17, 15) is 9.59 Å². The third kappa shape index (κ3) is 3.99. The van der Waals surface area contributed by atoms with Crippen molar-refractivity contribution in [3.63, 3.8) is 0 Å². The number of carbonyl (C=O) groups excluding carboxylic acids is 2. The second-order valence-corrected chi connectivity index (χ2v) is 8.33. The van der Waals surface area contributed by atoms with Crippen LogP contribution in [0.15, 0.2) is 78.5 Å². The summed E-state index contributed by atoms with van der Waals surface area (Å²) < 4.78 is 0. The fourth-order valence-corrected chi connectivity index (χ4v) is 3.89. The molecule has 0 aromatic heterocycles. The number of imide groups is 1. The number of carbonyl (C=O) groups is 2. The van der Waals surface area contributed by atoms with Crippen LogP contribution in [0.3, 0.4) is 0 Å². The number of nitrogens with one attached hydrogen (secondary N) is 1. The highest BCUT2D eigenvalue weighted by atomic mass is 35.5. The zero-order chi connectivity index (χ0) is 22.1. The Balaban J connectivity index is 1.79. The lowest BCUT2D eigenvalue weighted by Gasteiger charge is -2.17. The Labute approximate surface area is 187 Å². The van der Waals surface area contributed by atoms with E-state index >= 15 is 0 Å². The van der Waals surface area contributed by atoms with Gasteiger partial charge in [0.25, 0.3) is 11.8 Å². The lowest BCUT2D eigenvalue weighted by atomic mass is 10.0. The molecule has 156 valence electrons. The first-order valence-corrected chi connectivity index (χ1v) is 10.6. The number of rotatable bonds is 5. The number of anilines is 2. The van der Waals surface area contributed by atoms with E-state index in [0.717, 1.165) is 16.8 Å². The minimum atomic E-state index is -0.379. The molecule has 31 heavy (non-hydrogen) atoms. The number of hydrogen-bond acceptors (Lipinski definition) is 3. The van der Waals surface area contributed by atoms with E-state index < -0.39 is 0 Å². The zero-order valence-electron chi connectivity index (χ0n) is 17.6. The van der Waals surface area contributed by atoms with Gasteiger partial charge in [0.05, 0.1) is 11.3 Å². The third-order valence-corrected chi connectivity index (χ3v) is 5.65. The van der Waals surface area contributed by atoms with Crippen LogP contribution in [0.5, 0.6) is 0 Å². The summed E-state index contributed by atoms with van der Waals surface area (Å²) in [6.07, 6.45) is 0. The average molecular weight is 431 g/mol. The van der Waals surface area contributed by atoms with Crippen LogP contribution in [0.1, 0.15) is 36.5 Å². The van der Waals surface area contributed by atoms with Crippen LogP contribution in [-0.4, -0.2) is 11.8 Å². The van der Waals surface area contributed by atoms with E-state index in [2.05, 4.69) is 19.2 Å². The van der Waals surface area contributed by atoms with Crippen molar-refractivity contribution in [2.45, 2.75) is 26.7 Å². The molecule has 0 radical (unpaired) electrons. The summed E-state index contributed by atoms with van der Waals surface area (Å²) in [4.78, 5) is 28.2. The molecule has 0 spiro atoms. The number of hydrogen-bond donors (Lipinski definition) is 1. The average Bonchev–Trinajstić information content (AvgIpc) is 3.00. The van der Waals surface area contributed by atoms with Crippen molar-refractivity contribution >= 4 is 40.4 Å². The maximum Gasteiger partial charge on any atom is 0.282 e. The van der Waals surface area contributed by atoms with E-state index in [1.165, 1.54) is 4.90 Å². The van der Waals surface area contributed by atoms with Gasteiger partial charge < -0.3 is 5.32 Å². The third-order valence-electron chi connectivity index (χ3n) is 5.41. The Bertz CT molecular complexity index is 1180. The minimum absolute atomic E-state index is 0.259. The van der Waals surface area contributed by atoms with Crippen LogP contribution >= 0.6 is 11.6 Å². The van der Waals surface area contributed by atoms with Crippen molar-refractivity contribution < 1.29 is 9.59 Å². The van der Waals surface area contributed by atoms with Gasteiger partial charge in [-0.3, -0.25) is 9.59 Å². The van der Waals surface area contributed by atoms with Gasteiger partial charge in [-0.25, -0.2) is 4.90 Å². The molecule has 4 rings (SSSR count). The predicted octanol–water partition coefficient (Wildman–Crippen LogP) is 6.17. The van der Waals surface area contributed by atoms with Gasteiger partial charge in [-0.15, -0.1) is 0 Å². The molecule has 4 nitrogen and oxygen atoms in total. The monoisotopic (exact) mass is 430 g/mol. The molecule has 0 unspecified atom stereocenters. The molecule has 0 saturated carbocycles. The number of halogens is 1. The van der Waals surface area contributed by atoms with Gasteiger partial charge in [0.15, 0.2) is 0 Å². The number of benzene rings is 3. The van der Waals surface area contributed by atoms with E-state index in [-0.39, 0.29) is 17.5 Å². The number of aryl methyl sites for hydroxylation is 1. The van der Waals surface area contributed by atoms with Crippen molar-refractivity contribution in [3.8, 4) is 0 Å². The fraction of sp³-hybridized carbons (Fsp3) is 0.154. The van der Waals surface area contributed by atoms with E-state index in [4.69, 9.17) is 11.6 Å². The Hall–Kier alpha value is -3.37. The lowest BCUT2D eigenvalue weighted by molar-refractivity contribution is -0.120. The maximum absolute atomic E-state index is 13.5. The molecule has 0 bridgehead atoms. The largest absolute Gasteiger partial charge is 0.350 e. The zero-order valence-corrected chi connectivity index (χ0v) is 18.4. The molecule has 1 heterocycles. The summed E-state index contributed by atoms with van der Waals surface area (Å²) >= 11 is 6.08. The van der Waals surface area contributed by atoms with Gasteiger partial charge in [0.2, 0.25) is 0 Å². The summed E-state index contributed by atoms with van der Waals surface area (Å²) in [7, 11) is 0. The molecule has 3 aromatic carbocycles. The van der Waals surface area contributed by atoms with Gasteiger partial charge in [-0.1, -0.05) is 67.9 Å². The quantitative estimate of drug-likeness (QED) is 0.492. The summed E-state index contributed by atoms with van der Waals surface area (Å²) in [6.45, 7) is 6.11. The smallest absolute Gasteiger partial charge is 0.282 e. The first-order valence-electron chi connectivity index (χ1n) is 10.2. The van der Waals surface area contributed by atoms with Gasteiger partial charge in [0.1, 0.15) is 5.70 Å². The molecule has 0 atom stereocenters. The summed E-state index contributed by atoms with van der Waals surface area (Å²) in [6, 6.07) is 22.2. The van der Waals surface area contributed by atoms with E-state index in [0.29, 0.717) is 27.8 Å². The molecular formula is C26H23ClN2O2. The number of nitrogens with zero attached hydrogens (tertiary/aromatic N) is 1. The van der Waals surface area contributed by atoms with Gasteiger partial charge >= 0.3 is 0 Å². The molecule has 3 aromatic rings. The summed E-state index contributed by atoms with van der Waals surface area (Å²) in [5.74, 6) is -0.361. The standard InChI is InChI=1S/C26H23ClN2O2/c1-16(2)18-9-12-21(13-10-18)29-25(30)23(19-7-5-4-6-8-19)24(26(29)31)28-22-14-11-20(27)15-17(22)3/h4-16,28H,1-3H3. The minimum Gasteiger partial charge on any atom is -0.350 e. The Kier molecular flexibility index (Phi) is 5.66. The molecule has 1 aliphatic heterocycles. The van der Waals surface area contributed by atoms with Crippen LogP contribution in [0.2, 0.25) is 5.02 Å². The second-order valence-electron chi connectivity index (χ2n) is 7.89. The van der Waals surface area contributed by atoms with Crippen LogP contribution in [0, 0.1) is 6.92 Å². The van der Waals surface area contributed by atoms with Crippen molar-refractivity contribution in [3.05, 3.63) is 100 Å². The molecule has 1 aliphatic rings. The highest BCUT2D eigenvalue weighted by molar-refractivity contribution is 6.46. The fourth-order valence-electron chi connectivity index (χ4n) is 3.66. The van der Waals surface area contributed by atoms with Crippen LogP contribution in [-0.2, 0) is 9.59 Å². The van der Waals surface area contributed by atoms with Crippen LogP contribution in [0.4, 0.5) is 11.4 Å². The van der Waals surface area contributed by atoms with E-state index in [1.54, 1.807) is 6.07 Å². The predicted molar refractivity (Wildman–Crippen MR) is 126 cm³/mol. The lowest BCUT2D eigenvalue weighted by Crippen LogP contribution is -2.32. The Morgan fingerprint density at radius 2 is 1.55 bits per heavy atom. The van der Waals surface area contributed by atoms with Crippen LogP contribution < -0.4 is 10.2 Å². The first-order chi connectivity index (χ1) is 14.9. The summed E-state index contributed by atoms with van der Waals surface area (Å²) in [5.41, 5.74) is 4.61.